The highest BCUT2D eigenvalue weighted by atomic mass is 35.5. The Bertz CT molecular complexity index is 972. The van der Waals surface area contributed by atoms with E-state index < -0.39 is 12.0 Å². The van der Waals surface area contributed by atoms with Crippen LogP contribution in [0.15, 0.2) is 53.7 Å². The standard InChI is InChI=1S/C22H24ClN3O3/c1-13-8-9-14(2)16(10-13)20-19(21(27)29-3)18(25-22(28)26-20)12-24-11-15-6-4-5-7-17(15)23/h4-10,20,24H,11-12H2,1-3H3,(H2,25,26,28)/t20-/m1/s1. The lowest BCUT2D eigenvalue weighted by molar-refractivity contribution is -0.136. The fourth-order valence-electron chi connectivity index (χ4n) is 3.38. The van der Waals surface area contributed by atoms with Gasteiger partial charge in [-0.15, -0.1) is 0 Å². The Morgan fingerprint density at radius 1 is 1.17 bits per heavy atom. The minimum absolute atomic E-state index is 0.282. The molecule has 1 aliphatic heterocycles. The summed E-state index contributed by atoms with van der Waals surface area (Å²) in [7, 11) is 1.33. The number of rotatable bonds is 6. The van der Waals surface area contributed by atoms with Crippen molar-refractivity contribution in [3.63, 3.8) is 0 Å². The molecule has 2 aromatic carbocycles. The summed E-state index contributed by atoms with van der Waals surface area (Å²) in [5.41, 5.74) is 4.68. The summed E-state index contributed by atoms with van der Waals surface area (Å²) in [5, 5.41) is 9.51. The molecule has 152 valence electrons. The molecule has 1 atom stereocenters. The lowest BCUT2D eigenvalue weighted by Crippen LogP contribution is -2.48. The van der Waals surface area contributed by atoms with Crippen LogP contribution in [-0.4, -0.2) is 25.7 Å². The number of aryl methyl sites for hydroxylation is 2. The number of nitrogens with one attached hydrogen (secondary N) is 3. The van der Waals surface area contributed by atoms with Crippen LogP contribution < -0.4 is 16.0 Å². The highest BCUT2D eigenvalue weighted by Crippen LogP contribution is 2.30. The monoisotopic (exact) mass is 413 g/mol. The number of carbonyl (C=O) groups is 2. The quantitative estimate of drug-likeness (QED) is 0.633. The Kier molecular flexibility index (Phi) is 6.56. The summed E-state index contributed by atoms with van der Waals surface area (Å²) in [5.74, 6) is -0.488. The van der Waals surface area contributed by atoms with Gasteiger partial charge in [-0.05, 0) is 36.6 Å². The maximum atomic E-state index is 12.6. The molecule has 29 heavy (non-hydrogen) atoms. The molecule has 2 amide bonds. The van der Waals surface area contributed by atoms with Crippen molar-refractivity contribution in [1.29, 1.82) is 0 Å². The van der Waals surface area contributed by atoms with Crippen molar-refractivity contribution in [2.75, 3.05) is 13.7 Å². The van der Waals surface area contributed by atoms with Gasteiger partial charge in [-0.1, -0.05) is 53.6 Å². The van der Waals surface area contributed by atoms with E-state index in [9.17, 15) is 9.59 Å². The van der Waals surface area contributed by atoms with Gasteiger partial charge in [0.2, 0.25) is 0 Å². The molecule has 0 saturated carbocycles. The first kappa shape index (κ1) is 20.9. The van der Waals surface area contributed by atoms with Crippen LogP contribution in [0.5, 0.6) is 0 Å². The number of amides is 2. The Morgan fingerprint density at radius 2 is 1.93 bits per heavy atom. The lowest BCUT2D eigenvalue weighted by Gasteiger charge is -2.30. The zero-order valence-electron chi connectivity index (χ0n) is 16.6. The van der Waals surface area contributed by atoms with Gasteiger partial charge in [0.05, 0.1) is 18.7 Å². The molecule has 0 aromatic heterocycles. The molecule has 2 aromatic rings. The largest absolute Gasteiger partial charge is 0.466 e. The fraction of sp³-hybridized carbons (Fsp3) is 0.273. The van der Waals surface area contributed by atoms with E-state index in [0.717, 1.165) is 22.3 Å². The zero-order valence-corrected chi connectivity index (χ0v) is 17.4. The molecule has 3 rings (SSSR count). The number of carbonyl (C=O) groups excluding carboxylic acids is 2. The van der Waals surface area contributed by atoms with Gasteiger partial charge in [-0.25, -0.2) is 9.59 Å². The van der Waals surface area contributed by atoms with Crippen LogP contribution in [0.3, 0.4) is 0 Å². The van der Waals surface area contributed by atoms with Gasteiger partial charge in [0.1, 0.15) is 0 Å². The molecule has 0 radical (unpaired) electrons. The number of urea groups is 1. The van der Waals surface area contributed by atoms with E-state index in [0.29, 0.717) is 22.8 Å². The second-order valence-electron chi connectivity index (χ2n) is 6.97. The molecule has 6 nitrogen and oxygen atoms in total. The number of esters is 1. The Balaban J connectivity index is 1.92. The number of hydrogen-bond donors (Lipinski definition) is 3. The van der Waals surface area contributed by atoms with Crippen molar-refractivity contribution in [1.82, 2.24) is 16.0 Å². The fourth-order valence-corrected chi connectivity index (χ4v) is 3.58. The van der Waals surface area contributed by atoms with Crippen molar-refractivity contribution in [3.8, 4) is 0 Å². The molecule has 1 aliphatic rings. The Hall–Kier alpha value is -2.83. The average molecular weight is 414 g/mol. The molecule has 0 saturated heterocycles. The highest BCUT2D eigenvalue weighted by Gasteiger charge is 2.34. The molecule has 0 spiro atoms. The first-order valence-electron chi connectivity index (χ1n) is 9.31. The van der Waals surface area contributed by atoms with Crippen molar-refractivity contribution < 1.29 is 14.3 Å². The Morgan fingerprint density at radius 3 is 2.66 bits per heavy atom. The zero-order chi connectivity index (χ0) is 21.0. The van der Waals surface area contributed by atoms with Gasteiger partial charge in [0, 0.05) is 23.8 Å². The summed E-state index contributed by atoms with van der Waals surface area (Å²) < 4.78 is 5.02. The first-order valence-corrected chi connectivity index (χ1v) is 9.68. The van der Waals surface area contributed by atoms with Gasteiger partial charge in [0.15, 0.2) is 0 Å². The normalized spacial score (nSPS) is 16.3. The topological polar surface area (TPSA) is 79.5 Å². The second kappa shape index (κ2) is 9.11. The summed E-state index contributed by atoms with van der Waals surface area (Å²) in [6.07, 6.45) is 0. The summed E-state index contributed by atoms with van der Waals surface area (Å²) in [4.78, 5) is 25.0. The SMILES string of the molecule is COC(=O)C1=C(CNCc2ccccc2Cl)NC(=O)N[C@@H]1c1cc(C)ccc1C. The molecular weight excluding hydrogens is 390 g/mol. The van der Waals surface area contributed by atoms with E-state index in [1.54, 1.807) is 0 Å². The van der Waals surface area contributed by atoms with Crippen molar-refractivity contribution in [3.05, 3.63) is 81.0 Å². The number of benzene rings is 2. The number of methoxy groups -OCH3 is 1. The predicted molar refractivity (Wildman–Crippen MR) is 113 cm³/mol. The van der Waals surface area contributed by atoms with Crippen LogP contribution in [0.1, 0.15) is 28.3 Å². The van der Waals surface area contributed by atoms with E-state index >= 15 is 0 Å². The van der Waals surface area contributed by atoms with Gasteiger partial charge < -0.3 is 20.7 Å². The van der Waals surface area contributed by atoms with Gasteiger partial charge in [-0.2, -0.15) is 0 Å². The Labute approximate surface area is 175 Å². The number of ether oxygens (including phenoxy) is 1. The van der Waals surface area contributed by atoms with Crippen molar-refractivity contribution in [2.45, 2.75) is 26.4 Å². The summed E-state index contributed by atoms with van der Waals surface area (Å²) in [6, 6.07) is 12.5. The smallest absolute Gasteiger partial charge is 0.338 e. The molecule has 0 fully saturated rings. The van der Waals surface area contributed by atoms with Crippen LogP contribution in [-0.2, 0) is 16.1 Å². The molecule has 3 N–H and O–H groups in total. The lowest BCUT2D eigenvalue weighted by atomic mass is 9.91. The third-order valence-corrected chi connectivity index (χ3v) is 5.25. The van der Waals surface area contributed by atoms with E-state index in [-0.39, 0.29) is 12.6 Å². The second-order valence-corrected chi connectivity index (χ2v) is 7.38. The number of halogens is 1. The molecule has 0 aliphatic carbocycles. The van der Waals surface area contributed by atoms with Crippen LogP contribution >= 0.6 is 11.6 Å². The van der Waals surface area contributed by atoms with E-state index in [1.165, 1.54) is 7.11 Å². The third-order valence-electron chi connectivity index (χ3n) is 4.88. The van der Waals surface area contributed by atoms with Crippen LogP contribution in [0, 0.1) is 13.8 Å². The highest BCUT2D eigenvalue weighted by molar-refractivity contribution is 6.31. The van der Waals surface area contributed by atoms with Crippen molar-refractivity contribution in [2.24, 2.45) is 0 Å². The van der Waals surface area contributed by atoms with Gasteiger partial charge in [0.25, 0.3) is 0 Å². The van der Waals surface area contributed by atoms with E-state index in [4.69, 9.17) is 16.3 Å². The maximum absolute atomic E-state index is 12.6. The first-order chi connectivity index (χ1) is 13.9. The molecule has 7 heteroatoms. The van der Waals surface area contributed by atoms with E-state index in [1.807, 2.05) is 56.3 Å². The number of hydrogen-bond acceptors (Lipinski definition) is 4. The molecule has 1 heterocycles. The van der Waals surface area contributed by atoms with Gasteiger partial charge >= 0.3 is 12.0 Å². The summed E-state index contributed by atoms with van der Waals surface area (Å²) in [6.45, 7) is 4.70. The average Bonchev–Trinajstić information content (AvgIpc) is 2.70. The summed E-state index contributed by atoms with van der Waals surface area (Å²) >= 11 is 6.20. The third kappa shape index (κ3) is 4.78. The van der Waals surface area contributed by atoms with Crippen LogP contribution in [0.25, 0.3) is 0 Å². The molecular formula is C22H24ClN3O3. The molecule has 0 unspecified atom stereocenters. The van der Waals surface area contributed by atoms with E-state index in [2.05, 4.69) is 16.0 Å². The van der Waals surface area contributed by atoms with Crippen LogP contribution in [0.4, 0.5) is 4.79 Å². The predicted octanol–water partition coefficient (Wildman–Crippen LogP) is 3.53. The minimum Gasteiger partial charge on any atom is -0.466 e. The van der Waals surface area contributed by atoms with Gasteiger partial charge in [-0.3, -0.25) is 0 Å². The minimum atomic E-state index is -0.590. The van der Waals surface area contributed by atoms with Crippen LogP contribution in [0.2, 0.25) is 5.02 Å². The maximum Gasteiger partial charge on any atom is 0.338 e. The molecule has 0 bridgehead atoms. The van der Waals surface area contributed by atoms with Crippen molar-refractivity contribution >= 4 is 23.6 Å².